The number of amides is 3. The van der Waals surface area contributed by atoms with Crippen LogP contribution >= 0.6 is 0 Å². The van der Waals surface area contributed by atoms with Crippen molar-refractivity contribution in [2.24, 2.45) is 4.99 Å². The fraction of sp³-hybridized carbons (Fsp3) is 0.727. The van der Waals surface area contributed by atoms with Gasteiger partial charge in [0.05, 0.1) is 12.6 Å². The molecule has 128 valence electrons. The summed E-state index contributed by atoms with van der Waals surface area (Å²) in [5, 5.41) is 3.29. The summed E-state index contributed by atoms with van der Waals surface area (Å²) >= 11 is 0. The van der Waals surface area contributed by atoms with E-state index in [1.54, 1.807) is 11.9 Å². The van der Waals surface area contributed by atoms with Crippen LogP contribution < -0.4 is 5.32 Å². The standard InChI is InChI=1S/C11H17N5O6S/c1-14-5-4-12-10(14)13-9(17)8-3-2-7-6-15(8)11(18)16(7)22-23(19,20)21/h7-8H,2-6H2,1H3,(H,12,13,17)(H,19,20,21)/t7-,8+/m1/s1. The molecule has 3 aliphatic heterocycles. The number of piperidine rings is 1. The molecule has 3 amide bonds. The summed E-state index contributed by atoms with van der Waals surface area (Å²) < 4.78 is 34.7. The van der Waals surface area contributed by atoms with Gasteiger partial charge in [-0.3, -0.25) is 19.7 Å². The number of aliphatic imine (C=N–C) groups is 1. The van der Waals surface area contributed by atoms with Gasteiger partial charge in [-0.1, -0.05) is 0 Å². The molecule has 23 heavy (non-hydrogen) atoms. The maximum Gasteiger partial charge on any atom is 0.418 e. The maximum atomic E-state index is 12.4. The van der Waals surface area contributed by atoms with Crippen molar-refractivity contribution in [2.45, 2.75) is 24.9 Å². The number of hydroxylamine groups is 2. The molecule has 2 N–H and O–H groups in total. The summed E-state index contributed by atoms with van der Waals surface area (Å²) in [6.07, 6.45) is 0.753. The highest BCUT2D eigenvalue weighted by atomic mass is 32.3. The molecule has 11 nitrogen and oxygen atoms in total. The second-order valence-corrected chi connectivity index (χ2v) is 6.63. The van der Waals surface area contributed by atoms with Gasteiger partial charge in [-0.25, -0.2) is 4.79 Å². The summed E-state index contributed by atoms with van der Waals surface area (Å²) in [6.45, 7) is 1.47. The minimum absolute atomic E-state index is 0.161. The third-order valence-electron chi connectivity index (χ3n) is 4.09. The molecule has 2 fully saturated rings. The van der Waals surface area contributed by atoms with E-state index in [2.05, 4.69) is 14.6 Å². The van der Waals surface area contributed by atoms with Crippen LogP contribution in [0.15, 0.2) is 4.99 Å². The van der Waals surface area contributed by atoms with Gasteiger partial charge < -0.3 is 9.80 Å². The number of hydrogen-bond donors (Lipinski definition) is 2. The van der Waals surface area contributed by atoms with Gasteiger partial charge in [-0.2, -0.15) is 13.5 Å². The number of likely N-dealkylation sites (N-methyl/N-ethyl adjacent to an activating group) is 1. The van der Waals surface area contributed by atoms with Gasteiger partial charge in [0.1, 0.15) is 6.04 Å². The van der Waals surface area contributed by atoms with Crippen LogP contribution in [0.4, 0.5) is 4.79 Å². The van der Waals surface area contributed by atoms with Crippen LogP contribution in [0, 0.1) is 0 Å². The average Bonchev–Trinajstić information content (AvgIpc) is 2.96. The summed E-state index contributed by atoms with van der Waals surface area (Å²) in [6, 6.07) is -2.00. The molecule has 2 saturated heterocycles. The first-order chi connectivity index (χ1) is 10.8. The van der Waals surface area contributed by atoms with Crippen molar-refractivity contribution in [1.82, 2.24) is 20.2 Å². The van der Waals surface area contributed by atoms with Crippen molar-refractivity contribution < 1.29 is 26.8 Å². The lowest BCUT2D eigenvalue weighted by atomic mass is 10.0. The average molecular weight is 347 g/mol. The van der Waals surface area contributed by atoms with Crippen molar-refractivity contribution >= 4 is 28.3 Å². The second-order valence-electron chi connectivity index (χ2n) is 5.63. The molecule has 0 aromatic heterocycles. The highest BCUT2D eigenvalue weighted by Crippen LogP contribution is 2.30. The number of urea groups is 1. The molecule has 0 spiro atoms. The van der Waals surface area contributed by atoms with Crippen molar-refractivity contribution in [3.63, 3.8) is 0 Å². The van der Waals surface area contributed by atoms with Crippen LogP contribution in [0.1, 0.15) is 12.8 Å². The zero-order chi connectivity index (χ0) is 16.8. The van der Waals surface area contributed by atoms with Crippen molar-refractivity contribution in [1.29, 1.82) is 0 Å². The topological polar surface area (TPSA) is 132 Å². The van der Waals surface area contributed by atoms with Crippen LogP contribution in [0.25, 0.3) is 0 Å². The van der Waals surface area contributed by atoms with Gasteiger partial charge in [0.25, 0.3) is 0 Å². The molecular formula is C11H17N5O6S. The first-order valence-electron chi connectivity index (χ1n) is 7.09. The van der Waals surface area contributed by atoms with Crippen LogP contribution in [0.3, 0.4) is 0 Å². The molecule has 3 heterocycles. The Morgan fingerprint density at radius 2 is 2.17 bits per heavy atom. The lowest BCUT2D eigenvalue weighted by molar-refractivity contribution is -0.124. The van der Waals surface area contributed by atoms with E-state index in [0.29, 0.717) is 37.0 Å². The predicted molar refractivity (Wildman–Crippen MR) is 76.5 cm³/mol. The number of rotatable bonds is 3. The Morgan fingerprint density at radius 1 is 1.43 bits per heavy atom. The Hall–Kier alpha value is -1.92. The van der Waals surface area contributed by atoms with Gasteiger partial charge in [0.15, 0.2) is 0 Å². The molecule has 2 atom stereocenters. The number of nitrogens with one attached hydrogen (secondary N) is 1. The molecule has 0 saturated carbocycles. The third kappa shape index (κ3) is 3.09. The number of hydrogen-bond acceptors (Lipinski definition) is 7. The first-order valence-corrected chi connectivity index (χ1v) is 8.46. The largest absolute Gasteiger partial charge is 0.418 e. The maximum absolute atomic E-state index is 12.4. The molecule has 0 aliphatic carbocycles. The fourth-order valence-electron chi connectivity index (χ4n) is 2.97. The highest BCUT2D eigenvalue weighted by molar-refractivity contribution is 7.80. The van der Waals surface area contributed by atoms with Crippen LogP contribution in [-0.2, 0) is 19.5 Å². The summed E-state index contributed by atoms with van der Waals surface area (Å²) in [4.78, 5) is 31.8. The predicted octanol–water partition coefficient (Wildman–Crippen LogP) is -1.59. The highest BCUT2D eigenvalue weighted by Gasteiger charge is 2.49. The number of carbonyl (C=O) groups excluding carboxylic acids is 2. The molecule has 0 unspecified atom stereocenters. The number of fused-ring (bicyclic) bond motifs is 2. The Balaban J connectivity index is 1.70. The van der Waals surface area contributed by atoms with Crippen molar-refractivity contribution in [2.75, 3.05) is 26.7 Å². The van der Waals surface area contributed by atoms with Crippen LogP contribution in [-0.4, -0.2) is 84.5 Å². The molecule has 3 rings (SSSR count). The minimum atomic E-state index is -4.79. The van der Waals surface area contributed by atoms with Crippen molar-refractivity contribution in [3.05, 3.63) is 0 Å². The molecule has 3 aliphatic rings. The number of guanidine groups is 1. The van der Waals surface area contributed by atoms with Gasteiger partial charge in [0, 0.05) is 20.1 Å². The zero-order valence-electron chi connectivity index (χ0n) is 12.4. The summed E-state index contributed by atoms with van der Waals surface area (Å²) in [5.74, 6) is 0.0767. The summed E-state index contributed by atoms with van der Waals surface area (Å²) in [5.41, 5.74) is 0. The molecule has 0 radical (unpaired) electrons. The Bertz CT molecular complexity index is 664. The zero-order valence-corrected chi connectivity index (χ0v) is 13.2. The minimum Gasteiger partial charge on any atom is -0.344 e. The Labute approximate surface area is 132 Å². The normalized spacial score (nSPS) is 27.5. The smallest absolute Gasteiger partial charge is 0.344 e. The van der Waals surface area contributed by atoms with E-state index < -0.39 is 28.5 Å². The Kier molecular flexibility index (Phi) is 3.90. The molecule has 2 bridgehead atoms. The monoisotopic (exact) mass is 347 g/mol. The fourth-order valence-corrected chi connectivity index (χ4v) is 3.35. The SMILES string of the molecule is CN1CCN=C1NC(=O)[C@@H]1CC[C@@H]2CN1C(=O)N2OS(=O)(=O)O. The van der Waals surface area contributed by atoms with E-state index in [4.69, 9.17) is 4.55 Å². The van der Waals surface area contributed by atoms with E-state index in [1.807, 2.05) is 0 Å². The van der Waals surface area contributed by atoms with Gasteiger partial charge >= 0.3 is 16.4 Å². The van der Waals surface area contributed by atoms with Crippen LogP contribution in [0.5, 0.6) is 0 Å². The van der Waals surface area contributed by atoms with E-state index in [-0.39, 0.29) is 12.5 Å². The van der Waals surface area contributed by atoms with E-state index >= 15 is 0 Å². The van der Waals surface area contributed by atoms with Gasteiger partial charge in [0.2, 0.25) is 11.9 Å². The molecular weight excluding hydrogens is 330 g/mol. The molecule has 0 aromatic carbocycles. The first kappa shape index (κ1) is 16.0. The number of carbonyl (C=O) groups is 2. The van der Waals surface area contributed by atoms with Crippen molar-refractivity contribution in [3.8, 4) is 0 Å². The molecule has 12 heteroatoms. The Morgan fingerprint density at radius 3 is 2.78 bits per heavy atom. The van der Waals surface area contributed by atoms with Gasteiger partial charge in [-0.15, -0.1) is 4.28 Å². The van der Waals surface area contributed by atoms with E-state index in [1.165, 1.54) is 4.90 Å². The van der Waals surface area contributed by atoms with Gasteiger partial charge in [-0.05, 0) is 12.8 Å². The lowest BCUT2D eigenvalue weighted by Crippen LogP contribution is -2.52. The van der Waals surface area contributed by atoms with Crippen LogP contribution in [0.2, 0.25) is 0 Å². The van der Waals surface area contributed by atoms with E-state index in [0.717, 1.165) is 0 Å². The number of nitrogens with zero attached hydrogens (tertiary/aromatic N) is 4. The second kappa shape index (κ2) is 5.62. The third-order valence-corrected chi connectivity index (χ3v) is 4.44. The summed E-state index contributed by atoms with van der Waals surface area (Å²) in [7, 11) is -2.99. The molecule has 0 aromatic rings. The quantitative estimate of drug-likeness (QED) is 0.588. The van der Waals surface area contributed by atoms with E-state index in [9.17, 15) is 18.0 Å². The lowest BCUT2D eigenvalue weighted by Gasteiger charge is -2.29.